The Kier molecular flexibility index (Phi) is 6.35. The van der Waals surface area contributed by atoms with E-state index in [-0.39, 0.29) is 24.8 Å². The fourth-order valence-corrected chi connectivity index (χ4v) is 4.40. The Balaban J connectivity index is 0.00000112. The Morgan fingerprint density at radius 2 is 1.71 bits per heavy atom. The van der Waals surface area contributed by atoms with Gasteiger partial charge in [-0.2, -0.15) is 0 Å². The van der Waals surface area contributed by atoms with Gasteiger partial charge in [0.15, 0.2) is 0 Å². The molecule has 0 spiro atoms. The average molecular weight is 419 g/mol. The number of aromatic nitrogens is 2. The van der Waals surface area contributed by atoms with Crippen LogP contribution in [0, 0.1) is 0 Å². The van der Waals surface area contributed by atoms with Gasteiger partial charge in [-0.15, -0.1) is 24.8 Å². The second kappa shape index (κ2) is 8.42. The molecule has 1 N–H and O–H groups in total. The standard InChI is InChI=1S/C22H26N4.2ClH/c1-15(2)16-6-8-17(9-7-16)22-20(26-10-4-3-5-21(26)24-22)14-25-12-18-11-19(13-25)23-18;;/h3-10,15,18-19,23H,11-14H2,1-2H3;2*1H. The number of imidazole rings is 1. The van der Waals surface area contributed by atoms with E-state index in [9.17, 15) is 0 Å². The molecule has 0 aliphatic carbocycles. The summed E-state index contributed by atoms with van der Waals surface area (Å²) in [5.74, 6) is 0.553. The summed E-state index contributed by atoms with van der Waals surface area (Å²) in [4.78, 5) is 7.55. The smallest absolute Gasteiger partial charge is 0.137 e. The third-order valence-corrected chi connectivity index (χ3v) is 5.85. The molecule has 5 heterocycles. The van der Waals surface area contributed by atoms with Gasteiger partial charge in [-0.1, -0.05) is 44.2 Å². The minimum Gasteiger partial charge on any atom is -0.309 e. The van der Waals surface area contributed by atoms with Crippen LogP contribution in [0.3, 0.4) is 0 Å². The van der Waals surface area contributed by atoms with Crippen LogP contribution in [0.15, 0.2) is 48.7 Å². The molecule has 0 amide bonds. The summed E-state index contributed by atoms with van der Waals surface area (Å²) in [6, 6.07) is 16.6. The second-order valence-electron chi connectivity index (χ2n) is 8.10. The minimum absolute atomic E-state index is 0. The molecular weight excluding hydrogens is 391 g/mol. The van der Waals surface area contributed by atoms with E-state index in [0.29, 0.717) is 18.0 Å². The van der Waals surface area contributed by atoms with Crippen molar-refractivity contribution in [2.24, 2.45) is 0 Å². The van der Waals surface area contributed by atoms with Gasteiger partial charge in [-0.3, -0.25) is 4.90 Å². The van der Waals surface area contributed by atoms with Crippen LogP contribution < -0.4 is 5.32 Å². The molecule has 2 bridgehead atoms. The molecule has 3 saturated heterocycles. The van der Waals surface area contributed by atoms with E-state index in [2.05, 4.69) is 77.1 Å². The van der Waals surface area contributed by atoms with E-state index in [4.69, 9.17) is 4.98 Å². The zero-order valence-corrected chi connectivity index (χ0v) is 18.0. The quantitative estimate of drug-likeness (QED) is 0.675. The Morgan fingerprint density at radius 1 is 1.04 bits per heavy atom. The largest absolute Gasteiger partial charge is 0.309 e. The number of fused-ring (bicyclic) bond motifs is 3. The summed E-state index contributed by atoms with van der Waals surface area (Å²) >= 11 is 0. The van der Waals surface area contributed by atoms with Gasteiger partial charge < -0.3 is 9.72 Å². The Morgan fingerprint density at radius 3 is 2.36 bits per heavy atom. The number of piperidine rings is 1. The van der Waals surface area contributed by atoms with Crippen molar-refractivity contribution in [3.63, 3.8) is 0 Å². The lowest BCUT2D eigenvalue weighted by molar-refractivity contribution is 0.0716. The lowest BCUT2D eigenvalue weighted by atomic mass is 9.91. The van der Waals surface area contributed by atoms with E-state index in [1.54, 1.807) is 0 Å². The van der Waals surface area contributed by atoms with Crippen LogP contribution in [-0.4, -0.2) is 39.5 Å². The molecule has 6 heteroatoms. The molecule has 2 atom stereocenters. The molecular formula is C22H28Cl2N4. The number of piperazine rings is 1. The normalized spacial score (nSPS) is 21.1. The van der Waals surface area contributed by atoms with Crippen molar-refractivity contribution in [1.82, 2.24) is 19.6 Å². The highest BCUT2D eigenvalue weighted by Gasteiger charge is 2.36. The number of hydrogen-bond donors (Lipinski definition) is 1. The first kappa shape index (κ1) is 21.1. The van der Waals surface area contributed by atoms with Gasteiger partial charge in [0.25, 0.3) is 0 Å². The summed E-state index contributed by atoms with van der Waals surface area (Å²) in [7, 11) is 0. The first-order valence-electron chi connectivity index (χ1n) is 9.72. The fourth-order valence-electron chi connectivity index (χ4n) is 4.40. The number of hydrogen-bond acceptors (Lipinski definition) is 3. The third-order valence-electron chi connectivity index (χ3n) is 5.85. The molecule has 4 nitrogen and oxygen atoms in total. The van der Waals surface area contributed by atoms with E-state index in [1.165, 1.54) is 23.2 Å². The maximum atomic E-state index is 4.97. The molecule has 3 aliphatic heterocycles. The predicted molar refractivity (Wildman–Crippen MR) is 120 cm³/mol. The Bertz CT molecular complexity index is 919. The number of nitrogens with one attached hydrogen (secondary N) is 1. The van der Waals surface area contributed by atoms with Crippen molar-refractivity contribution in [3.8, 4) is 11.3 Å². The summed E-state index contributed by atoms with van der Waals surface area (Å²) in [5.41, 5.74) is 6.05. The van der Waals surface area contributed by atoms with Crippen LogP contribution in [0.1, 0.15) is 37.4 Å². The molecule has 3 fully saturated rings. The van der Waals surface area contributed by atoms with Gasteiger partial charge in [-0.05, 0) is 30.0 Å². The van der Waals surface area contributed by atoms with Crippen LogP contribution in [0.5, 0.6) is 0 Å². The summed E-state index contributed by atoms with van der Waals surface area (Å²) in [5, 5.41) is 3.62. The van der Waals surface area contributed by atoms with Crippen LogP contribution in [0.25, 0.3) is 16.9 Å². The highest BCUT2D eigenvalue weighted by Crippen LogP contribution is 2.29. The molecule has 2 unspecified atom stereocenters. The first-order chi connectivity index (χ1) is 12.7. The molecule has 3 aromatic rings. The molecule has 150 valence electrons. The van der Waals surface area contributed by atoms with Gasteiger partial charge >= 0.3 is 0 Å². The van der Waals surface area contributed by atoms with Gasteiger partial charge in [0.1, 0.15) is 5.65 Å². The third kappa shape index (κ3) is 3.79. The maximum absolute atomic E-state index is 4.97. The van der Waals surface area contributed by atoms with E-state index >= 15 is 0 Å². The number of nitrogens with zero attached hydrogens (tertiary/aromatic N) is 3. The first-order valence-corrected chi connectivity index (χ1v) is 9.72. The molecule has 2 aromatic heterocycles. The summed E-state index contributed by atoms with van der Waals surface area (Å²) < 4.78 is 2.26. The van der Waals surface area contributed by atoms with Crippen molar-refractivity contribution < 1.29 is 0 Å². The monoisotopic (exact) mass is 418 g/mol. The van der Waals surface area contributed by atoms with Crippen molar-refractivity contribution in [2.75, 3.05) is 13.1 Å². The Hall–Kier alpha value is -1.59. The van der Waals surface area contributed by atoms with Gasteiger partial charge in [0, 0.05) is 43.5 Å². The molecule has 3 aliphatic rings. The molecule has 28 heavy (non-hydrogen) atoms. The predicted octanol–water partition coefficient (Wildman–Crippen LogP) is 4.51. The van der Waals surface area contributed by atoms with Gasteiger partial charge in [-0.25, -0.2) is 4.98 Å². The summed E-state index contributed by atoms with van der Waals surface area (Å²) in [6.45, 7) is 7.72. The van der Waals surface area contributed by atoms with Crippen LogP contribution >= 0.6 is 24.8 Å². The second-order valence-corrected chi connectivity index (χ2v) is 8.10. The molecule has 1 aromatic carbocycles. The lowest BCUT2D eigenvalue weighted by Gasteiger charge is -2.48. The molecule has 0 radical (unpaired) electrons. The fraction of sp³-hybridized carbons (Fsp3) is 0.409. The number of pyridine rings is 1. The lowest BCUT2D eigenvalue weighted by Crippen LogP contribution is -2.66. The zero-order valence-electron chi connectivity index (χ0n) is 16.3. The van der Waals surface area contributed by atoms with Crippen molar-refractivity contribution in [2.45, 2.75) is 44.8 Å². The SMILES string of the molecule is CC(C)c1ccc(-c2nc3ccccn3c2CN2CC3CC(C2)N3)cc1.Cl.Cl. The number of halogens is 2. The number of rotatable bonds is 4. The molecule has 6 rings (SSSR count). The highest BCUT2D eigenvalue weighted by molar-refractivity contribution is 5.85. The molecule has 0 saturated carbocycles. The van der Waals surface area contributed by atoms with Crippen molar-refractivity contribution >= 4 is 30.5 Å². The van der Waals surface area contributed by atoms with E-state index < -0.39 is 0 Å². The maximum Gasteiger partial charge on any atom is 0.137 e. The van der Waals surface area contributed by atoms with Gasteiger partial charge in [0.05, 0.1) is 11.4 Å². The van der Waals surface area contributed by atoms with Crippen molar-refractivity contribution in [1.29, 1.82) is 0 Å². The Labute approximate surface area is 179 Å². The number of benzene rings is 1. The minimum atomic E-state index is 0. The van der Waals surface area contributed by atoms with Gasteiger partial charge in [0.2, 0.25) is 0 Å². The van der Waals surface area contributed by atoms with Crippen LogP contribution in [0.2, 0.25) is 0 Å². The average Bonchev–Trinajstić information content (AvgIpc) is 3.00. The van der Waals surface area contributed by atoms with Crippen molar-refractivity contribution in [3.05, 3.63) is 59.9 Å². The highest BCUT2D eigenvalue weighted by atomic mass is 35.5. The topological polar surface area (TPSA) is 32.6 Å². The van der Waals surface area contributed by atoms with Crippen LogP contribution in [0.4, 0.5) is 0 Å². The van der Waals surface area contributed by atoms with Crippen LogP contribution in [-0.2, 0) is 6.54 Å². The van der Waals surface area contributed by atoms with E-state index in [0.717, 1.165) is 31.0 Å². The summed E-state index contributed by atoms with van der Waals surface area (Å²) in [6.07, 6.45) is 3.49. The zero-order chi connectivity index (χ0) is 17.7. The van der Waals surface area contributed by atoms with E-state index in [1.807, 2.05) is 0 Å².